The first-order valence-electron chi connectivity index (χ1n) is 7.60. The zero-order valence-corrected chi connectivity index (χ0v) is 14.6. The van der Waals surface area contributed by atoms with Gasteiger partial charge in [-0.3, -0.25) is 19.9 Å². The molecule has 0 aliphatic carbocycles. The molecule has 26 heavy (non-hydrogen) atoms. The van der Waals surface area contributed by atoms with Crippen molar-refractivity contribution in [2.45, 2.75) is 19.8 Å². The lowest BCUT2D eigenvalue weighted by Gasteiger charge is -2.29. The summed E-state index contributed by atoms with van der Waals surface area (Å²) < 4.78 is 0.388. The highest BCUT2D eigenvalue weighted by Crippen LogP contribution is 2.45. The van der Waals surface area contributed by atoms with Gasteiger partial charge < -0.3 is 10.2 Å². The van der Waals surface area contributed by atoms with Crippen molar-refractivity contribution >= 4 is 44.8 Å². The third-order valence-electron chi connectivity index (χ3n) is 4.47. The number of aliphatic imine (C=N–C) groups is 1. The van der Waals surface area contributed by atoms with Gasteiger partial charge in [-0.15, -0.1) is 11.3 Å². The summed E-state index contributed by atoms with van der Waals surface area (Å²) in [7, 11) is 0. The van der Waals surface area contributed by atoms with E-state index in [1.165, 1.54) is 19.1 Å². The maximum absolute atomic E-state index is 11.9. The zero-order chi connectivity index (χ0) is 19.2. The molecular weight excluding hydrogens is 360 g/mol. The Morgan fingerprint density at radius 3 is 2.54 bits per heavy atom. The highest BCUT2D eigenvalue weighted by Gasteiger charge is 2.42. The number of non-ortho nitro benzene ring substituents is 1. The molecule has 8 nitrogen and oxygen atoms in total. The molecule has 0 spiro atoms. The number of nitro benzene ring substituents is 1. The van der Waals surface area contributed by atoms with Crippen LogP contribution >= 0.6 is 11.3 Å². The van der Waals surface area contributed by atoms with Crippen molar-refractivity contribution < 1.29 is 24.7 Å². The van der Waals surface area contributed by atoms with Gasteiger partial charge in [-0.2, -0.15) is 0 Å². The fourth-order valence-electron chi connectivity index (χ4n) is 3.42. The molecule has 3 rings (SSSR count). The lowest BCUT2D eigenvalue weighted by atomic mass is 9.75. The summed E-state index contributed by atoms with van der Waals surface area (Å²) in [4.78, 5) is 38.5. The lowest BCUT2D eigenvalue weighted by molar-refractivity contribution is -0.382. The van der Waals surface area contributed by atoms with Crippen LogP contribution in [0.4, 0.5) is 5.69 Å². The minimum Gasteiger partial charge on any atom is -0.481 e. The maximum atomic E-state index is 11.9. The summed E-state index contributed by atoms with van der Waals surface area (Å²) in [5.74, 6) is -4.56. The molecule has 1 aliphatic heterocycles. The molecule has 1 aliphatic rings. The zero-order valence-electron chi connectivity index (χ0n) is 13.8. The molecule has 2 N–H and O–H groups in total. The van der Waals surface area contributed by atoms with E-state index >= 15 is 0 Å². The second kappa shape index (κ2) is 6.34. The molecule has 1 aromatic heterocycles. The normalized spacial score (nSPS) is 20.2. The number of nitrogens with zero attached hydrogens (tertiary/aromatic N) is 2. The number of carbonyl (C=O) groups is 2. The van der Waals surface area contributed by atoms with E-state index in [9.17, 15) is 29.9 Å². The molecule has 0 bridgehead atoms. The molecule has 2 aromatic rings. The Morgan fingerprint density at radius 1 is 1.27 bits per heavy atom. The summed E-state index contributed by atoms with van der Waals surface area (Å²) in [6, 6.07) is 4.51. The van der Waals surface area contributed by atoms with Crippen LogP contribution in [0.5, 0.6) is 0 Å². The second-order valence-electron chi connectivity index (χ2n) is 5.95. The average molecular weight is 374 g/mol. The van der Waals surface area contributed by atoms with Gasteiger partial charge in [-0.1, -0.05) is 12.1 Å². The van der Waals surface area contributed by atoms with Crippen molar-refractivity contribution in [3.63, 3.8) is 0 Å². The number of fused-ring (bicyclic) bond motifs is 1. The van der Waals surface area contributed by atoms with Crippen LogP contribution in [-0.4, -0.2) is 32.8 Å². The van der Waals surface area contributed by atoms with Crippen LogP contribution in [-0.2, 0) is 9.59 Å². The van der Waals surface area contributed by atoms with E-state index < -0.39 is 28.7 Å². The fraction of sp³-hybridized carbons (Fsp3) is 0.235. The predicted octanol–water partition coefficient (Wildman–Crippen LogP) is 3.43. The van der Waals surface area contributed by atoms with Crippen LogP contribution in [0.25, 0.3) is 10.1 Å². The number of rotatable bonds is 4. The molecule has 9 heteroatoms. The van der Waals surface area contributed by atoms with Crippen LogP contribution in [0.15, 0.2) is 39.8 Å². The fourth-order valence-corrected chi connectivity index (χ4v) is 4.51. The van der Waals surface area contributed by atoms with Crippen molar-refractivity contribution in [3.8, 4) is 0 Å². The van der Waals surface area contributed by atoms with Gasteiger partial charge in [-0.05, 0) is 24.8 Å². The molecule has 0 amide bonds. The Kier molecular flexibility index (Phi) is 4.33. The molecule has 2 heterocycles. The molecule has 1 aromatic carbocycles. The summed E-state index contributed by atoms with van der Waals surface area (Å²) in [5, 5.41) is 32.7. The van der Waals surface area contributed by atoms with Gasteiger partial charge in [-0.25, -0.2) is 4.79 Å². The Bertz CT molecular complexity index is 1020. The molecule has 0 saturated carbocycles. The molecule has 0 fully saturated rings. The van der Waals surface area contributed by atoms with Gasteiger partial charge in [0.2, 0.25) is 0 Å². The quantitative estimate of drug-likeness (QED) is 0.623. The number of allylic oxidation sites excluding steroid dienone is 1. The van der Waals surface area contributed by atoms with Crippen LogP contribution in [0.3, 0.4) is 0 Å². The van der Waals surface area contributed by atoms with Crippen LogP contribution in [0.1, 0.15) is 25.3 Å². The van der Waals surface area contributed by atoms with Crippen molar-refractivity contribution in [2.75, 3.05) is 0 Å². The Labute approximate surface area is 151 Å². The van der Waals surface area contributed by atoms with E-state index in [2.05, 4.69) is 4.99 Å². The van der Waals surface area contributed by atoms with E-state index in [-0.39, 0.29) is 17.0 Å². The summed E-state index contributed by atoms with van der Waals surface area (Å²) >= 11 is 1.10. The summed E-state index contributed by atoms with van der Waals surface area (Å²) in [6.07, 6.45) is 0. The highest BCUT2D eigenvalue weighted by atomic mass is 32.1. The minimum atomic E-state index is -1.25. The third-order valence-corrected chi connectivity index (χ3v) is 5.50. The van der Waals surface area contributed by atoms with Gasteiger partial charge in [0.05, 0.1) is 10.5 Å². The number of carboxylic acids is 2. The Morgan fingerprint density at radius 2 is 1.96 bits per heavy atom. The molecular formula is C17H14N2O6S. The first-order valence-corrected chi connectivity index (χ1v) is 8.48. The predicted molar refractivity (Wildman–Crippen MR) is 95.8 cm³/mol. The minimum absolute atomic E-state index is 0.0931. The van der Waals surface area contributed by atoms with Gasteiger partial charge >= 0.3 is 11.9 Å². The average Bonchev–Trinajstić information content (AvgIpc) is 2.96. The smallest absolute Gasteiger partial charge is 0.334 e. The molecule has 0 saturated heterocycles. The first-order chi connectivity index (χ1) is 12.2. The van der Waals surface area contributed by atoms with Gasteiger partial charge in [0.1, 0.15) is 10.6 Å². The number of carboxylic acid groups (broad SMARTS) is 2. The molecule has 0 radical (unpaired) electrons. The van der Waals surface area contributed by atoms with E-state index in [0.717, 1.165) is 11.3 Å². The molecule has 2 unspecified atom stereocenters. The largest absolute Gasteiger partial charge is 0.481 e. The lowest BCUT2D eigenvalue weighted by Crippen LogP contribution is -2.34. The third kappa shape index (κ3) is 2.66. The summed E-state index contributed by atoms with van der Waals surface area (Å²) in [5.41, 5.74) is 0.794. The number of hydrogen-bond acceptors (Lipinski definition) is 6. The van der Waals surface area contributed by atoms with Crippen LogP contribution in [0.2, 0.25) is 0 Å². The van der Waals surface area contributed by atoms with Gasteiger partial charge in [0.15, 0.2) is 0 Å². The van der Waals surface area contributed by atoms with E-state index in [1.54, 1.807) is 18.4 Å². The number of thiophene rings is 1. The highest BCUT2D eigenvalue weighted by molar-refractivity contribution is 7.18. The SMILES string of the molecule is CC1=NC(C)=C(C(=O)O)C(c2csc3c([N+](=O)[O-])cccc23)C1C(=O)O. The van der Waals surface area contributed by atoms with Crippen molar-refractivity contribution in [1.82, 2.24) is 0 Å². The Balaban J connectivity index is 2.32. The van der Waals surface area contributed by atoms with Crippen LogP contribution in [0, 0.1) is 16.0 Å². The topological polar surface area (TPSA) is 130 Å². The van der Waals surface area contributed by atoms with Crippen molar-refractivity contribution in [1.29, 1.82) is 0 Å². The van der Waals surface area contributed by atoms with Gasteiger partial charge in [0.25, 0.3) is 5.69 Å². The maximum Gasteiger partial charge on any atom is 0.334 e. The van der Waals surface area contributed by atoms with E-state index in [4.69, 9.17) is 0 Å². The van der Waals surface area contributed by atoms with E-state index in [1.807, 2.05) is 0 Å². The first kappa shape index (κ1) is 17.7. The molecule has 134 valence electrons. The van der Waals surface area contributed by atoms with Crippen molar-refractivity contribution in [2.24, 2.45) is 10.9 Å². The van der Waals surface area contributed by atoms with Crippen molar-refractivity contribution in [3.05, 3.63) is 50.5 Å². The number of nitro groups is 1. The summed E-state index contributed by atoms with van der Waals surface area (Å²) in [6.45, 7) is 3.07. The number of benzene rings is 1. The monoisotopic (exact) mass is 374 g/mol. The number of hydrogen-bond donors (Lipinski definition) is 2. The van der Waals surface area contributed by atoms with E-state index in [0.29, 0.717) is 21.4 Å². The Hall–Kier alpha value is -3.07. The standard InChI is InChI=1S/C17H14N2O6S/c1-7-12(16(20)21)14(13(17(22)23)8(2)18-7)10-6-26-15-9(10)4-3-5-11(15)19(24)25/h3-6,12,14H,1-2H3,(H,20,21)(H,22,23). The number of aliphatic carboxylic acids is 2. The van der Waals surface area contributed by atoms with Gasteiger partial charge in [0, 0.05) is 28.8 Å². The molecule has 2 atom stereocenters. The second-order valence-corrected chi connectivity index (χ2v) is 6.83. The van der Waals surface area contributed by atoms with Crippen LogP contribution < -0.4 is 0 Å².